The third-order valence-electron chi connectivity index (χ3n) is 8.91. The molecule has 5 heteroatoms. The normalized spacial score (nSPS) is 50.0. The van der Waals surface area contributed by atoms with Crippen LogP contribution in [-0.2, 0) is 19.1 Å². The molecule has 0 spiro atoms. The van der Waals surface area contributed by atoms with E-state index in [0.29, 0.717) is 24.9 Å². The van der Waals surface area contributed by atoms with Gasteiger partial charge in [-0.25, -0.2) is 0 Å². The first-order chi connectivity index (χ1) is 12.8. The number of carboxylic acid groups (broad SMARTS) is 1. The van der Waals surface area contributed by atoms with Gasteiger partial charge in [0.25, 0.3) is 0 Å². The SMILES string of the molecule is COCC12CC3C(C[C@H](OC)[C@H]3C)[C@@]3(C=O)C[C@H]1C=C(C(C)C)[C@]23C(=O)O. The molecular formula is C22H32O5. The van der Waals surface area contributed by atoms with Crippen LogP contribution in [0.15, 0.2) is 11.6 Å². The van der Waals surface area contributed by atoms with E-state index in [0.717, 1.165) is 24.7 Å². The van der Waals surface area contributed by atoms with Crippen LogP contribution in [0.3, 0.4) is 0 Å². The Morgan fingerprint density at radius 3 is 2.59 bits per heavy atom. The molecule has 150 valence electrons. The van der Waals surface area contributed by atoms with Crippen molar-refractivity contribution in [3.8, 4) is 0 Å². The zero-order chi connectivity index (χ0) is 19.8. The van der Waals surface area contributed by atoms with Crippen molar-refractivity contribution in [2.75, 3.05) is 20.8 Å². The van der Waals surface area contributed by atoms with Crippen LogP contribution in [0.4, 0.5) is 0 Å². The summed E-state index contributed by atoms with van der Waals surface area (Å²) in [5.74, 6) is 0.0296. The number of carboxylic acids is 1. The average Bonchev–Trinajstić information content (AvgIpc) is 3.16. The smallest absolute Gasteiger partial charge is 0.315 e. The molecule has 27 heavy (non-hydrogen) atoms. The number of carbonyl (C=O) groups is 2. The molecule has 0 heterocycles. The largest absolute Gasteiger partial charge is 0.481 e. The molecule has 0 aliphatic heterocycles. The minimum atomic E-state index is -1.15. The third-order valence-corrected chi connectivity index (χ3v) is 8.91. The molecule has 0 aromatic rings. The second kappa shape index (κ2) is 5.90. The van der Waals surface area contributed by atoms with Gasteiger partial charge in [-0.2, -0.15) is 0 Å². The summed E-state index contributed by atoms with van der Waals surface area (Å²) in [5, 5.41) is 10.7. The van der Waals surface area contributed by atoms with Crippen molar-refractivity contribution in [1.29, 1.82) is 0 Å². The van der Waals surface area contributed by atoms with E-state index < -0.39 is 22.2 Å². The Labute approximate surface area is 161 Å². The van der Waals surface area contributed by atoms with Crippen molar-refractivity contribution < 1.29 is 24.2 Å². The number of hydrogen-bond donors (Lipinski definition) is 1. The second-order valence-corrected chi connectivity index (χ2v) is 9.73. The van der Waals surface area contributed by atoms with E-state index in [1.807, 2.05) is 0 Å². The second-order valence-electron chi connectivity index (χ2n) is 9.73. The Morgan fingerprint density at radius 2 is 2.07 bits per heavy atom. The lowest BCUT2D eigenvalue weighted by atomic mass is 9.43. The molecule has 4 aliphatic carbocycles. The van der Waals surface area contributed by atoms with Crippen LogP contribution in [0.2, 0.25) is 0 Å². The lowest BCUT2D eigenvalue weighted by Crippen LogP contribution is -2.63. The maximum atomic E-state index is 13.1. The molecule has 0 aromatic carbocycles. The molecule has 3 fully saturated rings. The number of ether oxygens (including phenoxy) is 2. The Morgan fingerprint density at radius 1 is 1.37 bits per heavy atom. The van der Waals surface area contributed by atoms with E-state index in [1.54, 1.807) is 14.2 Å². The van der Waals surface area contributed by atoms with E-state index in [-0.39, 0.29) is 23.9 Å². The van der Waals surface area contributed by atoms with Gasteiger partial charge >= 0.3 is 5.97 Å². The van der Waals surface area contributed by atoms with Gasteiger partial charge in [-0.05, 0) is 48.9 Å². The van der Waals surface area contributed by atoms with Crippen molar-refractivity contribution in [2.45, 2.75) is 46.1 Å². The van der Waals surface area contributed by atoms with Crippen LogP contribution in [0, 0.1) is 45.8 Å². The molecule has 4 aliphatic rings. The fourth-order valence-corrected chi connectivity index (χ4v) is 8.15. The van der Waals surface area contributed by atoms with Crippen molar-refractivity contribution in [1.82, 2.24) is 0 Å². The van der Waals surface area contributed by atoms with Crippen LogP contribution in [0.5, 0.6) is 0 Å². The zero-order valence-electron chi connectivity index (χ0n) is 17.0. The lowest BCUT2D eigenvalue weighted by Gasteiger charge is -2.58. The number of hydrogen-bond acceptors (Lipinski definition) is 4. The van der Waals surface area contributed by atoms with Crippen LogP contribution in [0.1, 0.15) is 40.0 Å². The first kappa shape index (κ1) is 19.1. The van der Waals surface area contributed by atoms with E-state index in [2.05, 4.69) is 26.8 Å². The molecule has 3 unspecified atom stereocenters. The van der Waals surface area contributed by atoms with Crippen molar-refractivity contribution >= 4 is 12.3 Å². The number of carbonyl (C=O) groups excluding carboxylic acids is 1. The summed E-state index contributed by atoms with van der Waals surface area (Å²) in [6, 6.07) is 0. The Balaban J connectivity index is 1.99. The molecule has 0 saturated heterocycles. The number of aldehydes is 1. The molecule has 4 rings (SSSR count). The van der Waals surface area contributed by atoms with Crippen LogP contribution in [0.25, 0.3) is 0 Å². The van der Waals surface area contributed by atoms with E-state index in [9.17, 15) is 14.7 Å². The predicted octanol–water partition coefficient (Wildman–Crippen LogP) is 3.18. The zero-order valence-corrected chi connectivity index (χ0v) is 17.0. The summed E-state index contributed by atoms with van der Waals surface area (Å²) in [6.07, 6.45) is 5.52. The van der Waals surface area contributed by atoms with Gasteiger partial charge in [0.2, 0.25) is 0 Å². The highest BCUT2D eigenvalue weighted by atomic mass is 16.5. The highest BCUT2D eigenvalue weighted by molar-refractivity contribution is 5.90. The van der Waals surface area contributed by atoms with Gasteiger partial charge in [0.15, 0.2) is 0 Å². The van der Waals surface area contributed by atoms with Crippen LogP contribution in [-0.4, -0.2) is 44.3 Å². The summed E-state index contributed by atoms with van der Waals surface area (Å²) in [5.41, 5.74) is -1.60. The summed E-state index contributed by atoms with van der Waals surface area (Å²) in [4.78, 5) is 25.9. The lowest BCUT2D eigenvalue weighted by molar-refractivity contribution is -0.185. The number of allylic oxidation sites excluding steroid dienone is 1. The van der Waals surface area contributed by atoms with E-state index in [4.69, 9.17) is 9.47 Å². The molecular weight excluding hydrogens is 344 g/mol. The van der Waals surface area contributed by atoms with Crippen LogP contribution < -0.4 is 0 Å². The highest BCUT2D eigenvalue weighted by Gasteiger charge is 2.84. The predicted molar refractivity (Wildman–Crippen MR) is 100 cm³/mol. The summed E-state index contributed by atoms with van der Waals surface area (Å²) in [7, 11) is 3.38. The monoisotopic (exact) mass is 376 g/mol. The third kappa shape index (κ3) is 1.84. The topological polar surface area (TPSA) is 72.8 Å². The molecule has 3 saturated carbocycles. The standard InChI is InChI=1S/C22H32O5/c1-12(2)16-6-14-8-20(10-23)17-7-18(27-5)13(3)15(17)9-21(14,11-26-4)22(16,20)19(24)25/h6,10,12-15,17-18H,7-9,11H2,1-5H3,(H,24,25)/t13-,14+,15?,17?,18-,20-,21?,22+/m0/s1. The molecule has 1 N–H and O–H groups in total. The fourth-order valence-electron chi connectivity index (χ4n) is 8.15. The van der Waals surface area contributed by atoms with Gasteiger partial charge < -0.3 is 19.4 Å². The number of rotatable bonds is 6. The van der Waals surface area contributed by atoms with Crippen LogP contribution >= 0.6 is 0 Å². The molecule has 8 atom stereocenters. The fraction of sp³-hybridized carbons (Fsp3) is 0.818. The number of aliphatic carboxylic acids is 1. The summed E-state index contributed by atoms with van der Waals surface area (Å²) >= 11 is 0. The van der Waals surface area contributed by atoms with Gasteiger partial charge in [0.05, 0.1) is 18.1 Å². The van der Waals surface area contributed by atoms with Gasteiger partial charge in [0.1, 0.15) is 11.7 Å². The Bertz CT molecular complexity index is 699. The highest BCUT2D eigenvalue weighted by Crippen LogP contribution is 2.82. The average molecular weight is 376 g/mol. The van der Waals surface area contributed by atoms with Crippen molar-refractivity contribution in [2.24, 2.45) is 45.8 Å². The number of methoxy groups -OCH3 is 2. The molecule has 0 amide bonds. The minimum absolute atomic E-state index is 0.0588. The van der Waals surface area contributed by atoms with Crippen molar-refractivity contribution in [3.05, 3.63) is 11.6 Å². The van der Waals surface area contributed by atoms with Gasteiger partial charge in [-0.1, -0.05) is 32.4 Å². The first-order valence-electron chi connectivity index (χ1n) is 10.2. The summed E-state index contributed by atoms with van der Waals surface area (Å²) < 4.78 is 11.4. The van der Waals surface area contributed by atoms with Crippen molar-refractivity contribution in [3.63, 3.8) is 0 Å². The number of fused-ring (bicyclic) bond motifs is 2. The Hall–Kier alpha value is -1.20. The van der Waals surface area contributed by atoms with E-state index >= 15 is 0 Å². The molecule has 5 nitrogen and oxygen atoms in total. The van der Waals surface area contributed by atoms with Gasteiger partial charge in [-0.15, -0.1) is 0 Å². The molecule has 0 radical (unpaired) electrons. The first-order valence-corrected chi connectivity index (χ1v) is 10.2. The summed E-state index contributed by atoms with van der Waals surface area (Å²) in [6.45, 7) is 6.70. The Kier molecular flexibility index (Phi) is 4.18. The maximum absolute atomic E-state index is 13.1. The maximum Gasteiger partial charge on any atom is 0.315 e. The molecule has 4 bridgehead atoms. The van der Waals surface area contributed by atoms with Gasteiger partial charge in [-0.3, -0.25) is 4.79 Å². The molecule has 0 aromatic heterocycles. The minimum Gasteiger partial charge on any atom is -0.481 e. The quantitative estimate of drug-likeness (QED) is 0.569. The van der Waals surface area contributed by atoms with Gasteiger partial charge in [0, 0.05) is 19.6 Å². The van der Waals surface area contributed by atoms with E-state index in [1.165, 1.54) is 0 Å².